The van der Waals surface area contributed by atoms with Crippen LogP contribution < -0.4 is 20.7 Å². The first kappa shape index (κ1) is 22.8. The summed E-state index contributed by atoms with van der Waals surface area (Å²) < 4.78 is 2.44. The molecule has 1 nitrogen and oxygen atoms in total. The first-order valence-corrected chi connectivity index (χ1v) is 17.2. The Hall–Kier alpha value is -3.96. The number of hydrogen-bond donors (Lipinski definition) is 0. The van der Waals surface area contributed by atoms with Crippen LogP contribution in [0.1, 0.15) is 0 Å². The molecule has 0 radical (unpaired) electrons. The number of aromatic nitrogens is 1. The molecule has 188 valence electrons. The number of rotatable bonds is 2. The topological polar surface area (TPSA) is 4.93 Å². The number of hydrogen-bond acceptors (Lipinski definition) is 2. The molecular weight excluding hydrogens is 539 g/mol. The lowest BCUT2D eigenvalue weighted by molar-refractivity contribution is 1.16. The summed E-state index contributed by atoms with van der Waals surface area (Å²) in [5.41, 5.74) is 3.72. The maximum Gasteiger partial charge on any atom is 0.184 e. The van der Waals surface area contributed by atoms with Crippen molar-refractivity contribution < 1.29 is 0 Å². The van der Waals surface area contributed by atoms with Crippen LogP contribution in [-0.2, 0) is 0 Å². The van der Waals surface area contributed by atoms with Gasteiger partial charge in [0.05, 0.1) is 11.0 Å². The van der Waals surface area contributed by atoms with Crippen molar-refractivity contribution >= 4 is 74.2 Å². The molecule has 0 bridgehead atoms. The average Bonchev–Trinajstić information content (AvgIpc) is 3.35. The second-order valence-electron chi connectivity index (χ2n) is 10.5. The Morgan fingerprint density at radius 3 is 1.77 bits per heavy atom. The van der Waals surface area contributed by atoms with Gasteiger partial charge in [-0.3, -0.25) is 0 Å². The highest BCUT2D eigenvalue weighted by Crippen LogP contribution is 2.42. The van der Waals surface area contributed by atoms with Gasteiger partial charge in [0, 0.05) is 36.0 Å². The molecule has 3 heterocycles. The standard InChI is InChI=1S/C36H23NS2Si/c1-2-11-25(12-3-1)40-34-20-9-8-17-30(34)38-31-18-10-19-32(36(31)40)39-33-23-24(21-22-35(33)40)37-28-15-6-4-13-26(28)27-14-5-7-16-29(27)37/h1-23H. The van der Waals surface area contributed by atoms with Crippen LogP contribution in [0.4, 0.5) is 0 Å². The zero-order valence-corrected chi connectivity index (χ0v) is 24.2. The van der Waals surface area contributed by atoms with Crippen molar-refractivity contribution in [1.29, 1.82) is 0 Å². The Morgan fingerprint density at radius 1 is 0.450 bits per heavy atom. The fourth-order valence-corrected chi connectivity index (χ4v) is 16.3. The van der Waals surface area contributed by atoms with Gasteiger partial charge in [-0.2, -0.15) is 0 Å². The van der Waals surface area contributed by atoms with Gasteiger partial charge in [-0.15, -0.1) is 0 Å². The van der Waals surface area contributed by atoms with Crippen LogP contribution in [0.15, 0.2) is 159 Å². The maximum absolute atomic E-state index is 2.52. The van der Waals surface area contributed by atoms with Gasteiger partial charge in [-0.05, 0) is 63.2 Å². The molecule has 40 heavy (non-hydrogen) atoms. The summed E-state index contributed by atoms with van der Waals surface area (Å²) in [4.78, 5) is 5.59. The largest absolute Gasteiger partial charge is 0.309 e. The molecule has 2 aliphatic heterocycles. The molecule has 9 rings (SSSR count). The molecule has 0 aliphatic carbocycles. The molecule has 1 unspecified atom stereocenters. The Balaban J connectivity index is 1.39. The van der Waals surface area contributed by atoms with Crippen molar-refractivity contribution in [1.82, 2.24) is 4.57 Å². The zero-order valence-electron chi connectivity index (χ0n) is 21.5. The average molecular weight is 562 g/mol. The first-order valence-electron chi connectivity index (χ1n) is 13.6. The van der Waals surface area contributed by atoms with Crippen molar-refractivity contribution in [2.24, 2.45) is 0 Å². The van der Waals surface area contributed by atoms with E-state index in [0.29, 0.717) is 0 Å². The van der Waals surface area contributed by atoms with Crippen LogP contribution >= 0.6 is 23.5 Å². The first-order chi connectivity index (χ1) is 19.8. The predicted molar refractivity (Wildman–Crippen MR) is 173 cm³/mol. The van der Waals surface area contributed by atoms with Crippen LogP contribution in [0.5, 0.6) is 0 Å². The smallest absolute Gasteiger partial charge is 0.184 e. The number of fused-ring (bicyclic) bond motifs is 7. The van der Waals surface area contributed by atoms with Crippen molar-refractivity contribution in [3.8, 4) is 5.69 Å². The van der Waals surface area contributed by atoms with E-state index in [1.165, 1.54) is 62.6 Å². The molecule has 0 N–H and O–H groups in total. The highest BCUT2D eigenvalue weighted by Gasteiger charge is 2.51. The van der Waals surface area contributed by atoms with E-state index >= 15 is 0 Å². The van der Waals surface area contributed by atoms with Crippen molar-refractivity contribution in [3.63, 3.8) is 0 Å². The van der Waals surface area contributed by atoms with E-state index in [-0.39, 0.29) is 0 Å². The highest BCUT2D eigenvalue weighted by atomic mass is 32.2. The molecule has 0 amide bonds. The molecule has 6 aromatic carbocycles. The van der Waals surface area contributed by atoms with Gasteiger partial charge in [0.25, 0.3) is 0 Å². The summed E-state index contributed by atoms with van der Waals surface area (Å²) in [5, 5.41) is 8.63. The van der Waals surface area contributed by atoms with Crippen LogP contribution in [0.25, 0.3) is 27.5 Å². The predicted octanol–water partition coefficient (Wildman–Crippen LogP) is 7.09. The Kier molecular flexibility index (Phi) is 4.86. The molecular formula is C36H23NS2Si. The third-order valence-electron chi connectivity index (χ3n) is 8.51. The lowest BCUT2D eigenvalue weighted by Crippen LogP contribution is -2.78. The summed E-state index contributed by atoms with van der Waals surface area (Å²) in [7, 11) is -2.52. The summed E-state index contributed by atoms with van der Waals surface area (Å²) in [6.07, 6.45) is 0. The summed E-state index contributed by atoms with van der Waals surface area (Å²) in [5.74, 6) is 0. The van der Waals surface area contributed by atoms with E-state index in [2.05, 4.69) is 144 Å². The second kappa shape index (κ2) is 8.52. The molecule has 2 aliphatic rings. The number of nitrogens with zero attached hydrogens (tertiary/aromatic N) is 1. The van der Waals surface area contributed by atoms with Crippen molar-refractivity contribution in [2.45, 2.75) is 19.6 Å². The van der Waals surface area contributed by atoms with Crippen LogP contribution in [0.3, 0.4) is 0 Å². The Morgan fingerprint density at radius 2 is 1.02 bits per heavy atom. The summed E-state index contributed by atoms with van der Waals surface area (Å²) >= 11 is 3.89. The third-order valence-corrected chi connectivity index (χ3v) is 16.5. The van der Waals surface area contributed by atoms with Crippen LogP contribution in [0.2, 0.25) is 0 Å². The summed E-state index contributed by atoms with van der Waals surface area (Å²) in [6.45, 7) is 0. The molecule has 0 saturated carbocycles. The van der Waals surface area contributed by atoms with Gasteiger partial charge >= 0.3 is 0 Å². The molecule has 1 atom stereocenters. The zero-order chi connectivity index (χ0) is 26.3. The normalized spacial score (nSPS) is 16.9. The molecule has 0 saturated heterocycles. The minimum absolute atomic E-state index is 1.22. The third kappa shape index (κ3) is 2.96. The van der Waals surface area contributed by atoms with Gasteiger partial charge in [0.1, 0.15) is 0 Å². The lowest BCUT2D eigenvalue weighted by Gasteiger charge is -2.44. The van der Waals surface area contributed by atoms with Crippen LogP contribution in [-0.4, -0.2) is 12.6 Å². The van der Waals surface area contributed by atoms with Gasteiger partial charge in [0.15, 0.2) is 8.07 Å². The Labute approximate surface area is 242 Å². The van der Waals surface area contributed by atoms with Crippen molar-refractivity contribution in [2.75, 3.05) is 0 Å². The van der Waals surface area contributed by atoms with Crippen molar-refractivity contribution in [3.05, 3.63) is 140 Å². The monoisotopic (exact) mass is 561 g/mol. The van der Waals surface area contributed by atoms with Gasteiger partial charge < -0.3 is 4.57 Å². The number of benzene rings is 6. The summed E-state index contributed by atoms with van der Waals surface area (Å²) in [6, 6.07) is 52.3. The van der Waals surface area contributed by atoms with E-state index < -0.39 is 8.07 Å². The fourth-order valence-electron chi connectivity index (χ4n) is 6.96. The second-order valence-corrected chi connectivity index (χ2v) is 16.3. The van der Waals surface area contributed by atoms with Gasteiger partial charge in [0.2, 0.25) is 0 Å². The Bertz CT molecular complexity index is 2080. The SMILES string of the molecule is c1ccc([Si]23c4ccccc4Sc4cccc(c42)Sc2cc(-n4c5ccccc5c5ccccc54)ccc23)cc1. The van der Waals surface area contributed by atoms with Gasteiger partial charge in [-0.25, -0.2) is 0 Å². The molecule has 4 heteroatoms. The molecule has 0 spiro atoms. The van der Waals surface area contributed by atoms with E-state index in [0.717, 1.165) is 0 Å². The van der Waals surface area contributed by atoms with E-state index in [4.69, 9.17) is 0 Å². The molecule has 7 aromatic rings. The van der Waals surface area contributed by atoms with E-state index in [1.54, 1.807) is 5.19 Å². The quantitative estimate of drug-likeness (QED) is 0.208. The minimum Gasteiger partial charge on any atom is -0.309 e. The highest BCUT2D eigenvalue weighted by molar-refractivity contribution is 8.01. The minimum atomic E-state index is -2.52. The fraction of sp³-hybridized carbons (Fsp3) is 0. The number of para-hydroxylation sites is 2. The van der Waals surface area contributed by atoms with Gasteiger partial charge in [-0.1, -0.05) is 121 Å². The lowest BCUT2D eigenvalue weighted by atomic mass is 10.2. The molecule has 0 fully saturated rings. The van der Waals surface area contributed by atoms with E-state index in [1.807, 2.05) is 23.5 Å². The van der Waals surface area contributed by atoms with Crippen LogP contribution in [0, 0.1) is 0 Å². The maximum atomic E-state index is 2.47. The molecule has 1 aromatic heterocycles. The van der Waals surface area contributed by atoms with E-state index in [9.17, 15) is 0 Å².